The second-order valence-electron chi connectivity index (χ2n) is 1.29. The van der Waals surface area contributed by atoms with Gasteiger partial charge in [-0.25, -0.2) is 0 Å². The number of allylic oxidation sites excluding steroid dienone is 3. The topological polar surface area (TPSA) is 26.0 Å². The molecule has 0 unspecified atom stereocenters. The summed E-state index contributed by atoms with van der Waals surface area (Å²) in [6, 6.07) is 0. The molecule has 1 aliphatic rings. The van der Waals surface area contributed by atoms with E-state index < -0.39 is 0 Å². The molecule has 1 nitrogen and oxygen atoms in total. The first-order valence-electron chi connectivity index (χ1n) is 2.09. The maximum absolute atomic E-state index is 5.58. The normalized spacial score (nSPS) is 18.6. The van der Waals surface area contributed by atoms with Crippen molar-refractivity contribution in [3.63, 3.8) is 0 Å². The molecule has 0 aliphatic carbocycles. The third kappa shape index (κ3) is 1.42. The summed E-state index contributed by atoms with van der Waals surface area (Å²) in [4.78, 5) is 0. The van der Waals surface area contributed by atoms with Crippen LogP contribution in [-0.4, -0.2) is 4.01 Å². The fourth-order valence-corrected chi connectivity index (χ4v) is 2.37. The average molecular weight is 286 g/mol. The van der Waals surface area contributed by atoms with Crippen molar-refractivity contribution < 1.29 is 0 Å². The number of nitrogens with two attached hydrogens (primary N) is 1. The molecule has 1 aliphatic heterocycles. The first-order valence-corrected chi connectivity index (χ1v) is 5.21. The van der Waals surface area contributed by atoms with Crippen LogP contribution in [0.5, 0.6) is 0 Å². The third-order valence-electron chi connectivity index (χ3n) is 0.724. The van der Waals surface area contributed by atoms with E-state index in [0.29, 0.717) is 0 Å². The minimum absolute atomic E-state index is 0.0104. The molecule has 2 N–H and O–H groups in total. The highest BCUT2D eigenvalue weighted by molar-refractivity contribution is 14.2. The second-order valence-corrected chi connectivity index (χ2v) is 4.65. The van der Waals surface area contributed by atoms with Crippen LogP contribution in [0.4, 0.5) is 0 Å². The van der Waals surface area contributed by atoms with Gasteiger partial charge in [0.05, 0.1) is 3.70 Å². The Kier molecular flexibility index (Phi) is 2.25. The summed E-state index contributed by atoms with van der Waals surface area (Å²) in [6.07, 6.45) is 4.01. The Balaban J connectivity index is 2.97. The molecule has 3 heteroatoms. The molecule has 0 amide bonds. The van der Waals surface area contributed by atoms with Gasteiger partial charge >= 0.3 is 0 Å². The highest BCUT2D eigenvalue weighted by Gasteiger charge is 1.93. The van der Waals surface area contributed by atoms with Crippen molar-refractivity contribution in [3.8, 4) is 0 Å². The van der Waals surface area contributed by atoms with Crippen LogP contribution < -0.4 is 5.73 Å². The van der Waals surface area contributed by atoms with E-state index >= 15 is 0 Å². The second kappa shape index (κ2) is 2.77. The highest BCUT2D eigenvalue weighted by Crippen LogP contribution is 2.21. The molecule has 0 saturated carbocycles. The Morgan fingerprint density at radius 1 is 1.62 bits per heavy atom. The molecule has 0 spiro atoms. The molecule has 0 aromatic rings. The molecule has 0 fully saturated rings. The van der Waals surface area contributed by atoms with Crippen molar-refractivity contribution in [1.29, 1.82) is 0 Å². The van der Waals surface area contributed by atoms with Gasteiger partial charge in [0.1, 0.15) is 0 Å². The molecule has 1 heterocycles. The summed E-state index contributed by atoms with van der Waals surface area (Å²) in [5.74, 6) is 0. The number of hydrogen-bond donors (Lipinski definition) is 1. The van der Waals surface area contributed by atoms with Crippen molar-refractivity contribution in [2.75, 3.05) is 0 Å². The summed E-state index contributed by atoms with van der Waals surface area (Å²) in [5.41, 5.74) is 5.58. The van der Waals surface area contributed by atoms with Gasteiger partial charge in [0.2, 0.25) is 0 Å². The maximum atomic E-state index is 5.58. The Bertz CT molecular complexity index is 161. The van der Waals surface area contributed by atoms with Crippen LogP contribution in [0.2, 0.25) is 0 Å². The summed E-state index contributed by atoms with van der Waals surface area (Å²) in [7, 11) is 0. The summed E-state index contributed by atoms with van der Waals surface area (Å²) in [6.45, 7) is 0. The van der Waals surface area contributed by atoms with Gasteiger partial charge < -0.3 is 5.73 Å². The van der Waals surface area contributed by atoms with E-state index in [1.54, 1.807) is 0 Å². The van der Waals surface area contributed by atoms with E-state index in [0.717, 1.165) is 8.19 Å². The summed E-state index contributed by atoms with van der Waals surface area (Å²) in [5, 5.41) is 0. The fourth-order valence-electron chi connectivity index (χ4n) is 0.357. The Morgan fingerprint density at radius 3 is 2.75 bits per heavy atom. The van der Waals surface area contributed by atoms with Gasteiger partial charge in [0.25, 0.3) is 0 Å². The minimum atomic E-state index is 0.0104. The maximum Gasteiger partial charge on any atom is 0.0794 e. The van der Waals surface area contributed by atoms with Gasteiger partial charge in [-0.2, -0.15) is 0 Å². The summed E-state index contributed by atoms with van der Waals surface area (Å²) < 4.78 is 4.22. The van der Waals surface area contributed by atoms with E-state index in [9.17, 15) is 0 Å². The molecule has 0 aromatic carbocycles. The zero-order valence-electron chi connectivity index (χ0n) is 4.07. The molecule has 0 bridgehead atoms. The van der Waals surface area contributed by atoms with Crippen molar-refractivity contribution in [2.45, 2.75) is 0 Å². The van der Waals surface area contributed by atoms with Gasteiger partial charge in [-0.1, -0.05) is 26.8 Å². The third-order valence-corrected chi connectivity index (χ3v) is 4.18. The van der Waals surface area contributed by atoms with Crippen LogP contribution >= 0.6 is 36.7 Å². The first kappa shape index (κ1) is 6.48. The first-order chi connectivity index (χ1) is 3.80. The molecule has 0 radical (unpaired) electrons. The van der Waals surface area contributed by atoms with Crippen molar-refractivity contribution in [1.82, 2.24) is 0 Å². The van der Waals surface area contributed by atoms with Crippen LogP contribution in [0, 0.1) is 0 Å². The van der Waals surface area contributed by atoms with Crippen LogP contribution in [-0.2, 0) is 0 Å². The Labute approximate surface area is 66.5 Å². The monoisotopic (exact) mass is 285 g/mol. The zero-order valence-corrected chi connectivity index (χ0v) is 7.81. The molecular formula is C5H5BrIN. The minimum Gasteiger partial charge on any atom is -0.393 e. The van der Waals surface area contributed by atoms with E-state index in [2.05, 4.69) is 19.9 Å². The lowest BCUT2D eigenvalue weighted by Gasteiger charge is -1.96. The van der Waals surface area contributed by atoms with Crippen molar-refractivity contribution in [3.05, 3.63) is 20.3 Å². The van der Waals surface area contributed by atoms with E-state index in [-0.39, 0.29) is 20.7 Å². The Morgan fingerprint density at radius 2 is 2.38 bits per heavy atom. The lowest BCUT2D eigenvalue weighted by Crippen LogP contribution is -1.91. The largest absolute Gasteiger partial charge is 0.393 e. The fraction of sp³-hybridized carbons (Fsp3) is 0. The lowest BCUT2D eigenvalue weighted by molar-refractivity contribution is 1.57. The van der Waals surface area contributed by atoms with Crippen LogP contribution in [0.3, 0.4) is 0 Å². The Hall–Kier alpha value is 0.360. The van der Waals surface area contributed by atoms with Gasteiger partial charge in [-0.15, -0.1) is 0 Å². The van der Waals surface area contributed by atoms with Gasteiger partial charge in [-0.3, -0.25) is 0 Å². The molecule has 0 saturated heterocycles. The van der Waals surface area contributed by atoms with E-state index in [1.165, 1.54) is 0 Å². The van der Waals surface area contributed by atoms with Crippen LogP contribution in [0.1, 0.15) is 0 Å². The number of rotatable bonds is 0. The summed E-state index contributed by atoms with van der Waals surface area (Å²) >= 11 is 3.34. The van der Waals surface area contributed by atoms with Crippen molar-refractivity contribution in [2.24, 2.45) is 5.73 Å². The predicted molar refractivity (Wildman–Crippen MR) is 49.4 cm³/mol. The van der Waals surface area contributed by atoms with E-state index in [4.69, 9.17) is 5.73 Å². The van der Waals surface area contributed by atoms with Crippen LogP contribution in [0.15, 0.2) is 20.3 Å². The average Bonchev–Trinajstić information content (AvgIpc) is 1.77. The zero-order chi connectivity index (χ0) is 5.98. The predicted octanol–water partition coefficient (Wildman–Crippen LogP) is 1.85. The van der Waals surface area contributed by atoms with Crippen molar-refractivity contribution >= 4 is 40.7 Å². The number of halogens is 2. The molecular weight excluding hydrogens is 281 g/mol. The van der Waals surface area contributed by atoms with Gasteiger partial charge in [0, 0.05) is 4.48 Å². The molecule has 8 heavy (non-hydrogen) atoms. The van der Waals surface area contributed by atoms with Crippen LogP contribution in [0.25, 0.3) is 0 Å². The molecule has 1 rings (SSSR count). The molecule has 44 valence electrons. The SMILES string of the molecule is NC1=C(Br)C=CC=I1. The standard InChI is InChI=1S/C5H5BrIN/c6-4-2-1-3-7-5(4)8/h1-3H,8H2. The highest BCUT2D eigenvalue weighted by atomic mass is 127. The van der Waals surface area contributed by atoms with E-state index in [1.807, 2.05) is 12.2 Å². The smallest absolute Gasteiger partial charge is 0.0794 e. The molecule has 0 atom stereocenters. The van der Waals surface area contributed by atoms with Gasteiger partial charge in [0.15, 0.2) is 0 Å². The quantitative estimate of drug-likeness (QED) is 0.534. The number of hydrogen-bond acceptors (Lipinski definition) is 1. The molecule has 0 aromatic heterocycles. The van der Waals surface area contributed by atoms with Gasteiger partial charge in [-0.05, 0) is 26.0 Å². The lowest BCUT2D eigenvalue weighted by atomic mass is 10.5.